The van der Waals surface area contributed by atoms with E-state index in [0.29, 0.717) is 36.1 Å². The van der Waals surface area contributed by atoms with E-state index in [4.69, 9.17) is 9.05 Å². The van der Waals surface area contributed by atoms with Gasteiger partial charge in [-0.05, 0) is 23.6 Å². The zero-order valence-corrected chi connectivity index (χ0v) is 14.5. The van der Waals surface area contributed by atoms with Crippen molar-refractivity contribution in [3.05, 3.63) is 52.7 Å². The monoisotopic (exact) mass is 366 g/mol. The van der Waals surface area contributed by atoms with E-state index in [1.165, 1.54) is 0 Å². The number of thiophene rings is 1. The Balaban J connectivity index is 1.23. The summed E-state index contributed by atoms with van der Waals surface area (Å²) < 4.78 is 10.6. The molecule has 0 aliphatic carbocycles. The molecule has 1 fully saturated rings. The van der Waals surface area contributed by atoms with Gasteiger partial charge in [0.1, 0.15) is 5.69 Å². The molecule has 0 spiro atoms. The second kappa shape index (κ2) is 6.06. The molecular weight excluding hydrogens is 352 g/mol. The van der Waals surface area contributed by atoms with Gasteiger partial charge in [-0.25, -0.2) is 0 Å². The van der Waals surface area contributed by atoms with Crippen LogP contribution in [-0.4, -0.2) is 39.2 Å². The van der Waals surface area contributed by atoms with Gasteiger partial charge < -0.3 is 13.9 Å². The third-order valence-corrected chi connectivity index (χ3v) is 5.26. The third kappa shape index (κ3) is 2.59. The quantitative estimate of drug-likeness (QED) is 0.552. The van der Waals surface area contributed by atoms with Crippen molar-refractivity contribution in [3.63, 3.8) is 0 Å². The summed E-state index contributed by atoms with van der Waals surface area (Å²) in [5, 5.41) is 12.9. The van der Waals surface area contributed by atoms with Crippen LogP contribution in [0.1, 0.15) is 17.5 Å². The molecule has 3 aromatic heterocycles. The number of carbonyl (C=O) groups excluding carboxylic acids is 1. The van der Waals surface area contributed by atoms with Crippen LogP contribution < -0.4 is 0 Å². The molecule has 1 saturated heterocycles. The van der Waals surface area contributed by atoms with Gasteiger partial charge in [0, 0.05) is 29.4 Å². The highest BCUT2D eigenvalue weighted by Gasteiger charge is 2.36. The fourth-order valence-corrected chi connectivity index (χ4v) is 3.70. The van der Waals surface area contributed by atoms with Crippen LogP contribution in [0, 0.1) is 0 Å². The lowest BCUT2D eigenvalue weighted by atomic mass is 9.99. The summed E-state index contributed by atoms with van der Waals surface area (Å²) in [7, 11) is 0. The van der Waals surface area contributed by atoms with Gasteiger partial charge in [0.15, 0.2) is 5.58 Å². The molecule has 0 N–H and O–H groups in total. The highest BCUT2D eigenvalue weighted by molar-refractivity contribution is 7.08. The number of fused-ring (bicyclic) bond motifs is 1. The van der Waals surface area contributed by atoms with Crippen LogP contribution >= 0.6 is 11.3 Å². The lowest BCUT2D eigenvalue weighted by Gasteiger charge is -2.37. The number of para-hydroxylation sites is 1. The van der Waals surface area contributed by atoms with Crippen molar-refractivity contribution in [1.82, 2.24) is 20.2 Å². The van der Waals surface area contributed by atoms with Crippen LogP contribution in [0.2, 0.25) is 0 Å². The van der Waals surface area contributed by atoms with Crippen molar-refractivity contribution in [3.8, 4) is 11.4 Å². The number of nitrogens with zero attached hydrogens (tertiary/aromatic N) is 4. The first kappa shape index (κ1) is 15.3. The molecule has 0 radical (unpaired) electrons. The zero-order chi connectivity index (χ0) is 17.5. The second-order valence-corrected chi connectivity index (χ2v) is 7.05. The number of rotatable bonds is 4. The molecule has 5 rings (SSSR count). The molecule has 4 aromatic rings. The molecular formula is C18H14N4O3S. The molecule has 0 atom stereocenters. The topological polar surface area (TPSA) is 85.3 Å². The maximum atomic E-state index is 12.5. The smallest absolute Gasteiger partial charge is 0.233 e. The predicted molar refractivity (Wildman–Crippen MR) is 94.6 cm³/mol. The summed E-state index contributed by atoms with van der Waals surface area (Å²) >= 11 is 1.59. The number of hydrogen-bond acceptors (Lipinski definition) is 7. The number of carbonyl (C=O) groups is 1. The lowest BCUT2D eigenvalue weighted by Crippen LogP contribution is -2.49. The van der Waals surface area contributed by atoms with E-state index in [2.05, 4.69) is 15.3 Å². The van der Waals surface area contributed by atoms with Gasteiger partial charge in [0.25, 0.3) is 0 Å². The van der Waals surface area contributed by atoms with Gasteiger partial charge in [-0.3, -0.25) is 4.79 Å². The molecule has 0 bridgehead atoms. The minimum Gasteiger partial charge on any atom is -0.356 e. The molecule has 0 saturated carbocycles. The Kier molecular flexibility index (Phi) is 3.56. The van der Waals surface area contributed by atoms with Gasteiger partial charge in [0.2, 0.25) is 17.6 Å². The molecule has 130 valence electrons. The van der Waals surface area contributed by atoms with Crippen LogP contribution in [0.15, 0.2) is 50.1 Å². The van der Waals surface area contributed by atoms with E-state index in [1.54, 1.807) is 16.2 Å². The van der Waals surface area contributed by atoms with Gasteiger partial charge in [0.05, 0.1) is 12.3 Å². The first-order chi connectivity index (χ1) is 12.8. The Labute approximate surface area is 152 Å². The average Bonchev–Trinajstić information content (AvgIpc) is 3.34. The third-order valence-electron chi connectivity index (χ3n) is 4.58. The van der Waals surface area contributed by atoms with Crippen molar-refractivity contribution in [1.29, 1.82) is 0 Å². The molecule has 1 aliphatic rings. The Morgan fingerprint density at radius 1 is 1.19 bits per heavy atom. The standard InChI is InChI=1S/C18H14N4O3S/c23-16(7-14-13-3-1-2-4-15(13)24-20-14)22-8-12(9-22)18-19-17(21-25-18)11-5-6-26-10-11/h1-6,10,12H,7-9H2. The fourth-order valence-electron chi connectivity index (χ4n) is 3.07. The van der Waals surface area contributed by atoms with Crippen molar-refractivity contribution in [2.75, 3.05) is 13.1 Å². The predicted octanol–water partition coefficient (Wildman–Crippen LogP) is 3.11. The molecule has 1 aromatic carbocycles. The Morgan fingerprint density at radius 2 is 2.08 bits per heavy atom. The van der Waals surface area contributed by atoms with Gasteiger partial charge in [-0.15, -0.1) is 0 Å². The largest absolute Gasteiger partial charge is 0.356 e. The van der Waals surface area contributed by atoms with Gasteiger partial charge in [-0.1, -0.05) is 22.4 Å². The number of benzene rings is 1. The normalized spacial score (nSPS) is 14.7. The molecule has 8 heteroatoms. The molecule has 4 heterocycles. The summed E-state index contributed by atoms with van der Waals surface area (Å²) in [6.45, 7) is 1.17. The van der Waals surface area contributed by atoms with E-state index in [1.807, 2.05) is 41.1 Å². The van der Waals surface area contributed by atoms with E-state index in [-0.39, 0.29) is 18.2 Å². The number of likely N-dealkylation sites (tertiary alicyclic amines) is 1. The van der Waals surface area contributed by atoms with Crippen LogP contribution in [0.5, 0.6) is 0 Å². The van der Waals surface area contributed by atoms with E-state index in [0.717, 1.165) is 10.9 Å². The van der Waals surface area contributed by atoms with Gasteiger partial charge in [-0.2, -0.15) is 16.3 Å². The highest BCUT2D eigenvalue weighted by Crippen LogP contribution is 2.29. The summed E-state index contributed by atoms with van der Waals surface area (Å²) in [5.74, 6) is 1.30. The minimum atomic E-state index is 0.0258. The summed E-state index contributed by atoms with van der Waals surface area (Å²) in [4.78, 5) is 18.7. The zero-order valence-electron chi connectivity index (χ0n) is 13.7. The average molecular weight is 366 g/mol. The van der Waals surface area contributed by atoms with Crippen molar-refractivity contribution >= 4 is 28.2 Å². The molecule has 1 aliphatic heterocycles. The summed E-state index contributed by atoms with van der Waals surface area (Å²) in [6, 6.07) is 9.51. The molecule has 0 unspecified atom stereocenters. The van der Waals surface area contributed by atoms with Crippen LogP contribution in [0.25, 0.3) is 22.4 Å². The first-order valence-corrected chi connectivity index (χ1v) is 9.19. The van der Waals surface area contributed by atoms with Crippen LogP contribution in [0.3, 0.4) is 0 Å². The summed E-state index contributed by atoms with van der Waals surface area (Å²) in [6.07, 6.45) is 0.230. The highest BCUT2D eigenvalue weighted by atomic mass is 32.1. The van der Waals surface area contributed by atoms with Crippen LogP contribution in [0.4, 0.5) is 0 Å². The Bertz CT molecular complexity index is 1060. The van der Waals surface area contributed by atoms with Crippen molar-refractivity contribution in [2.24, 2.45) is 0 Å². The van der Waals surface area contributed by atoms with E-state index >= 15 is 0 Å². The fraction of sp³-hybridized carbons (Fsp3) is 0.222. The molecule has 26 heavy (non-hydrogen) atoms. The summed E-state index contributed by atoms with van der Waals surface area (Å²) in [5.41, 5.74) is 2.32. The second-order valence-electron chi connectivity index (χ2n) is 6.27. The van der Waals surface area contributed by atoms with E-state index in [9.17, 15) is 4.79 Å². The Hall–Kier alpha value is -3.00. The minimum absolute atomic E-state index is 0.0258. The number of hydrogen-bond donors (Lipinski definition) is 0. The van der Waals surface area contributed by atoms with Gasteiger partial charge >= 0.3 is 0 Å². The Morgan fingerprint density at radius 3 is 2.92 bits per heavy atom. The maximum Gasteiger partial charge on any atom is 0.233 e. The maximum absolute atomic E-state index is 12.5. The van der Waals surface area contributed by atoms with Crippen molar-refractivity contribution < 1.29 is 13.8 Å². The van der Waals surface area contributed by atoms with Crippen molar-refractivity contribution in [2.45, 2.75) is 12.3 Å². The first-order valence-electron chi connectivity index (χ1n) is 8.25. The van der Waals surface area contributed by atoms with Crippen LogP contribution in [-0.2, 0) is 11.2 Å². The number of aromatic nitrogens is 3. The molecule has 7 nitrogen and oxygen atoms in total. The SMILES string of the molecule is O=C(Cc1noc2ccccc12)N1CC(c2nc(-c3ccsc3)no2)C1. The molecule has 1 amide bonds. The van der Waals surface area contributed by atoms with E-state index < -0.39 is 0 Å². The lowest BCUT2D eigenvalue weighted by molar-refractivity contribution is -0.135. The number of amides is 1.